The maximum atomic E-state index is 11.3. The van der Waals surface area contributed by atoms with E-state index in [4.69, 9.17) is 21.1 Å². The molecule has 38 heavy (non-hydrogen) atoms. The van der Waals surface area contributed by atoms with E-state index in [0.29, 0.717) is 11.8 Å². The molecular weight excluding hydrogens is 528 g/mol. The molecule has 4 N–H and O–H groups in total. The van der Waals surface area contributed by atoms with Gasteiger partial charge in [0.2, 0.25) is 0 Å². The molecule has 13 nitrogen and oxygen atoms in total. The smallest absolute Gasteiger partial charge is 0.323 e. The molecule has 0 bridgehead atoms. The molecule has 0 heterocycles. The van der Waals surface area contributed by atoms with Crippen LogP contribution in [0, 0.1) is 6.92 Å². The van der Waals surface area contributed by atoms with Crippen LogP contribution < -0.4 is 19.3 Å². The third kappa shape index (κ3) is 8.85. The van der Waals surface area contributed by atoms with Crippen molar-refractivity contribution in [2.45, 2.75) is 6.92 Å². The molecule has 0 atom stereocenters. The first-order chi connectivity index (χ1) is 17.9. The summed E-state index contributed by atoms with van der Waals surface area (Å²) in [6.07, 6.45) is 0.536. The molecule has 0 aliphatic rings. The van der Waals surface area contributed by atoms with E-state index in [2.05, 4.69) is 0 Å². The molecule has 14 heteroatoms. The van der Waals surface area contributed by atoms with E-state index in [1.165, 1.54) is 30.3 Å². The minimum absolute atomic E-state index is 0.0339. The van der Waals surface area contributed by atoms with Crippen LogP contribution in [-0.2, 0) is 19.2 Å². The Kier molecular flexibility index (Phi) is 10.7. The number of aliphatic carboxylic acids is 4. The van der Waals surface area contributed by atoms with Crippen molar-refractivity contribution < 1.29 is 53.9 Å². The van der Waals surface area contributed by atoms with Crippen LogP contribution in [0.1, 0.15) is 15.9 Å². The van der Waals surface area contributed by atoms with Gasteiger partial charge in [-0.1, -0.05) is 11.6 Å². The molecule has 0 aliphatic carbocycles. The van der Waals surface area contributed by atoms with Gasteiger partial charge in [0, 0.05) is 10.6 Å². The van der Waals surface area contributed by atoms with Crippen molar-refractivity contribution in [1.29, 1.82) is 0 Å². The third-order valence-corrected chi connectivity index (χ3v) is 5.35. The zero-order chi connectivity index (χ0) is 28.4. The van der Waals surface area contributed by atoms with Crippen LogP contribution in [0.4, 0.5) is 11.4 Å². The summed E-state index contributed by atoms with van der Waals surface area (Å²) in [5.41, 5.74) is 1.03. The molecule has 0 spiro atoms. The average molecular weight is 553 g/mol. The van der Waals surface area contributed by atoms with E-state index in [1.54, 1.807) is 6.92 Å². The fraction of sp³-hybridized carbons (Fsp3) is 0.292. The lowest BCUT2D eigenvalue weighted by Gasteiger charge is -2.25. The highest BCUT2D eigenvalue weighted by Crippen LogP contribution is 2.34. The number of carboxylic acid groups (broad SMARTS) is 4. The lowest BCUT2D eigenvalue weighted by atomic mass is 10.2. The summed E-state index contributed by atoms with van der Waals surface area (Å²) in [7, 11) is 0. The predicted molar refractivity (Wildman–Crippen MR) is 134 cm³/mol. The second kappa shape index (κ2) is 13.7. The minimum atomic E-state index is -1.28. The number of aldehydes is 1. The normalized spacial score (nSPS) is 10.4. The number of aryl methyl sites for hydroxylation is 1. The fourth-order valence-corrected chi connectivity index (χ4v) is 3.55. The third-order valence-electron chi connectivity index (χ3n) is 4.94. The summed E-state index contributed by atoms with van der Waals surface area (Å²) >= 11 is 6.17. The molecular formula is C24H25ClN2O11. The first kappa shape index (κ1) is 29.7. The number of carbonyl (C=O) groups is 5. The summed E-state index contributed by atoms with van der Waals surface area (Å²) in [6, 6.07) is 6.96. The standard InChI is InChI=1S/C24H25ClN2O11/c1-14-6-19(18(8-16(14)25)27(11-23(33)34)12-24(35)36)37-4-5-38-20-7-15(13-28)2-3-17(20)26(9-21(29)30)10-22(31)32/h2-3,6-8,13H,4-5,9-12H2,1H3,(H,29,30)(H,31,32)(H,33,34)(H,35,36). The van der Waals surface area contributed by atoms with E-state index in [0.717, 1.165) is 9.80 Å². The minimum Gasteiger partial charge on any atom is -0.488 e. The van der Waals surface area contributed by atoms with Gasteiger partial charge >= 0.3 is 23.9 Å². The predicted octanol–water partition coefficient (Wildman–Crippen LogP) is 1.87. The van der Waals surface area contributed by atoms with Crippen molar-refractivity contribution in [3.8, 4) is 11.5 Å². The Bertz CT molecular complexity index is 1190. The van der Waals surface area contributed by atoms with Crippen LogP contribution >= 0.6 is 11.6 Å². The van der Waals surface area contributed by atoms with Gasteiger partial charge < -0.3 is 39.7 Å². The second-order valence-electron chi connectivity index (χ2n) is 7.90. The van der Waals surface area contributed by atoms with E-state index in [-0.39, 0.29) is 46.7 Å². The van der Waals surface area contributed by atoms with Gasteiger partial charge in [0.1, 0.15) is 57.2 Å². The van der Waals surface area contributed by atoms with Gasteiger partial charge in [-0.05, 0) is 42.8 Å². The van der Waals surface area contributed by atoms with Crippen molar-refractivity contribution in [2.75, 3.05) is 49.2 Å². The number of ether oxygens (including phenoxy) is 2. The van der Waals surface area contributed by atoms with Crippen LogP contribution in [0.5, 0.6) is 11.5 Å². The summed E-state index contributed by atoms with van der Waals surface area (Å²) in [5.74, 6) is -4.93. The van der Waals surface area contributed by atoms with Crippen molar-refractivity contribution in [3.63, 3.8) is 0 Å². The second-order valence-corrected chi connectivity index (χ2v) is 8.31. The average Bonchev–Trinajstić information content (AvgIpc) is 2.81. The van der Waals surface area contributed by atoms with E-state index < -0.39 is 50.1 Å². The number of anilines is 2. The molecule has 2 aromatic rings. The van der Waals surface area contributed by atoms with Gasteiger partial charge in [0.25, 0.3) is 0 Å². The number of rotatable bonds is 16. The fourth-order valence-electron chi connectivity index (χ4n) is 3.40. The molecule has 0 saturated carbocycles. The molecule has 0 aliphatic heterocycles. The number of benzene rings is 2. The number of carboxylic acids is 4. The van der Waals surface area contributed by atoms with Gasteiger partial charge in [-0.2, -0.15) is 0 Å². The molecule has 2 rings (SSSR count). The van der Waals surface area contributed by atoms with Gasteiger partial charge in [-0.3, -0.25) is 24.0 Å². The van der Waals surface area contributed by atoms with Crippen LogP contribution in [0.3, 0.4) is 0 Å². The van der Waals surface area contributed by atoms with Crippen LogP contribution in [0.25, 0.3) is 0 Å². The molecule has 204 valence electrons. The van der Waals surface area contributed by atoms with Crippen molar-refractivity contribution >= 4 is 53.1 Å². The number of hydrogen-bond donors (Lipinski definition) is 4. The van der Waals surface area contributed by atoms with E-state index >= 15 is 0 Å². The van der Waals surface area contributed by atoms with Crippen molar-refractivity contribution in [3.05, 3.63) is 46.5 Å². The Morgan fingerprint density at radius 2 is 1.21 bits per heavy atom. The SMILES string of the molecule is Cc1cc(OCCOc2cc(C=O)ccc2N(CC(=O)O)CC(=O)O)c(N(CC(=O)O)CC(=O)O)cc1Cl. The quantitative estimate of drug-likeness (QED) is 0.174. The molecule has 0 fully saturated rings. The molecule has 0 amide bonds. The highest BCUT2D eigenvalue weighted by molar-refractivity contribution is 6.31. The number of hydrogen-bond acceptors (Lipinski definition) is 9. The molecule has 0 unspecified atom stereocenters. The van der Waals surface area contributed by atoms with Crippen LogP contribution in [-0.4, -0.2) is 90.0 Å². The van der Waals surface area contributed by atoms with E-state index in [9.17, 15) is 44.4 Å². The number of nitrogens with zero attached hydrogens (tertiary/aromatic N) is 2. The zero-order valence-electron chi connectivity index (χ0n) is 20.1. The Morgan fingerprint density at radius 3 is 1.66 bits per heavy atom. The number of halogens is 1. The summed E-state index contributed by atoms with van der Waals surface area (Å²) in [5, 5.41) is 37.0. The first-order valence-electron chi connectivity index (χ1n) is 10.9. The van der Waals surface area contributed by atoms with Gasteiger partial charge in [0.15, 0.2) is 0 Å². The molecule has 2 aromatic carbocycles. The number of carbonyl (C=O) groups excluding carboxylic acids is 1. The Labute approximate surface area is 221 Å². The van der Waals surface area contributed by atoms with Crippen LogP contribution in [0.2, 0.25) is 5.02 Å². The maximum Gasteiger partial charge on any atom is 0.323 e. The summed E-state index contributed by atoms with van der Waals surface area (Å²) in [4.78, 5) is 58.4. The Balaban J connectivity index is 2.28. The van der Waals surface area contributed by atoms with Gasteiger partial charge in [0.05, 0.1) is 11.4 Å². The molecule has 0 aromatic heterocycles. The van der Waals surface area contributed by atoms with Gasteiger partial charge in [-0.25, -0.2) is 0 Å². The van der Waals surface area contributed by atoms with Crippen molar-refractivity contribution in [2.24, 2.45) is 0 Å². The van der Waals surface area contributed by atoms with E-state index in [1.807, 2.05) is 0 Å². The zero-order valence-corrected chi connectivity index (χ0v) is 20.9. The highest BCUT2D eigenvalue weighted by atomic mass is 35.5. The van der Waals surface area contributed by atoms with Gasteiger partial charge in [-0.15, -0.1) is 0 Å². The molecule has 0 saturated heterocycles. The summed E-state index contributed by atoms with van der Waals surface area (Å²) in [6.45, 7) is -1.20. The maximum absolute atomic E-state index is 11.3. The van der Waals surface area contributed by atoms with Crippen LogP contribution in [0.15, 0.2) is 30.3 Å². The lowest BCUT2D eigenvalue weighted by Crippen LogP contribution is -2.35. The Morgan fingerprint density at radius 1 is 0.763 bits per heavy atom. The Hall–Kier alpha value is -4.52. The first-order valence-corrected chi connectivity index (χ1v) is 11.3. The molecule has 0 radical (unpaired) electrons. The summed E-state index contributed by atoms with van der Waals surface area (Å²) < 4.78 is 11.4. The van der Waals surface area contributed by atoms with Crippen molar-refractivity contribution in [1.82, 2.24) is 0 Å². The topological polar surface area (TPSA) is 191 Å². The lowest BCUT2D eigenvalue weighted by molar-refractivity contribution is -0.138. The highest BCUT2D eigenvalue weighted by Gasteiger charge is 2.21. The largest absolute Gasteiger partial charge is 0.488 e. The monoisotopic (exact) mass is 552 g/mol.